The van der Waals surface area contributed by atoms with Gasteiger partial charge in [-0.15, -0.1) is 0 Å². The first-order valence-electron chi connectivity index (χ1n) is 13.9. The van der Waals surface area contributed by atoms with Crippen LogP contribution in [0.15, 0.2) is 42.5 Å². The number of likely N-dealkylation sites (tertiary alicyclic amines) is 1. The summed E-state index contributed by atoms with van der Waals surface area (Å²) in [5.41, 5.74) is 6.89. The van der Waals surface area contributed by atoms with Gasteiger partial charge in [-0.2, -0.15) is 0 Å². The van der Waals surface area contributed by atoms with Gasteiger partial charge in [0.1, 0.15) is 0 Å². The van der Waals surface area contributed by atoms with E-state index in [1.54, 1.807) is 4.90 Å². The van der Waals surface area contributed by atoms with Crippen LogP contribution in [0.3, 0.4) is 0 Å². The number of urea groups is 1. The Labute approximate surface area is 210 Å². The third-order valence-electron chi connectivity index (χ3n) is 10.4. The number of carbonyl (C=O) groups excluding carboxylic acids is 1. The number of nitrogens with zero attached hydrogens (tertiary/aromatic N) is 1. The van der Waals surface area contributed by atoms with Crippen molar-refractivity contribution in [3.63, 3.8) is 0 Å². The lowest BCUT2D eigenvalue weighted by Gasteiger charge is -2.62. The zero-order valence-corrected chi connectivity index (χ0v) is 21.6. The fourth-order valence-electron chi connectivity index (χ4n) is 9.40. The highest BCUT2D eigenvalue weighted by molar-refractivity contribution is 5.96. The first-order chi connectivity index (χ1) is 16.8. The van der Waals surface area contributed by atoms with E-state index < -0.39 is 0 Å². The average Bonchev–Trinajstić information content (AvgIpc) is 3.11. The number of amides is 2. The second kappa shape index (κ2) is 7.59. The van der Waals surface area contributed by atoms with Crippen molar-refractivity contribution in [1.29, 1.82) is 0 Å². The molecule has 2 aliphatic heterocycles. The number of hydrogen-bond acceptors (Lipinski definition) is 1. The van der Waals surface area contributed by atoms with E-state index in [1.165, 1.54) is 54.4 Å². The minimum absolute atomic E-state index is 0.0499. The van der Waals surface area contributed by atoms with Gasteiger partial charge in [-0.25, -0.2) is 4.79 Å². The van der Waals surface area contributed by atoms with Gasteiger partial charge in [0.05, 0.1) is 32.1 Å². The molecular formula is C31H40N3O+. The Balaban J connectivity index is 1.21. The van der Waals surface area contributed by atoms with Gasteiger partial charge in [0.2, 0.25) is 0 Å². The first-order valence-corrected chi connectivity index (χ1v) is 13.9. The van der Waals surface area contributed by atoms with E-state index in [4.69, 9.17) is 0 Å². The molecular weight excluding hydrogens is 430 g/mol. The molecule has 8 rings (SSSR count). The third-order valence-corrected chi connectivity index (χ3v) is 10.4. The zero-order chi connectivity index (χ0) is 23.9. The Morgan fingerprint density at radius 3 is 2.46 bits per heavy atom. The first kappa shape index (κ1) is 21.9. The monoisotopic (exact) mass is 470 g/mol. The van der Waals surface area contributed by atoms with Crippen molar-refractivity contribution >= 4 is 11.7 Å². The van der Waals surface area contributed by atoms with Crippen LogP contribution in [-0.4, -0.2) is 37.7 Å². The lowest BCUT2D eigenvalue weighted by Crippen LogP contribution is -3.11. The molecule has 2 aromatic rings. The van der Waals surface area contributed by atoms with Crippen LogP contribution < -0.4 is 15.1 Å². The maximum atomic E-state index is 14.2. The van der Waals surface area contributed by atoms with Crippen molar-refractivity contribution in [2.75, 3.05) is 25.0 Å². The molecule has 3 unspecified atom stereocenters. The molecule has 0 radical (unpaired) electrons. The van der Waals surface area contributed by atoms with Crippen molar-refractivity contribution in [2.24, 2.45) is 11.8 Å². The van der Waals surface area contributed by atoms with E-state index in [0.29, 0.717) is 12.0 Å². The minimum Gasteiger partial charge on any atom is -0.337 e. The third kappa shape index (κ3) is 3.39. The topological polar surface area (TPSA) is 36.8 Å². The molecule has 4 saturated carbocycles. The van der Waals surface area contributed by atoms with Crippen LogP contribution in [0.5, 0.6) is 0 Å². The van der Waals surface area contributed by atoms with Crippen molar-refractivity contribution in [3.05, 3.63) is 64.7 Å². The number of likely N-dealkylation sites (N-methyl/N-ethyl adjacent to an activating group) is 1. The normalized spacial score (nSPS) is 38.8. The number of hydrogen-bond donors (Lipinski definition) is 2. The second-order valence-corrected chi connectivity index (χ2v) is 13.1. The van der Waals surface area contributed by atoms with Crippen LogP contribution in [0, 0.1) is 25.7 Å². The SMILES string of the molecule is Cc1ccc(C23C[C@@H]4C[C@@H](CC(NC(=O)N5c6ccc(C)cc6[C@H]6C[NH+](C)CC[C@@H]65)(C4)C2)C3)cc1. The number of piperidine rings is 1. The van der Waals surface area contributed by atoms with Crippen LogP contribution in [0.2, 0.25) is 0 Å². The van der Waals surface area contributed by atoms with Gasteiger partial charge in [-0.3, -0.25) is 4.90 Å². The van der Waals surface area contributed by atoms with E-state index in [0.717, 1.165) is 43.5 Å². The molecule has 4 bridgehead atoms. The molecule has 2 N–H and O–H groups in total. The quantitative estimate of drug-likeness (QED) is 0.667. The largest absolute Gasteiger partial charge is 0.337 e. The van der Waals surface area contributed by atoms with Gasteiger partial charge in [-0.05, 0) is 86.8 Å². The van der Waals surface area contributed by atoms with E-state index in [1.807, 2.05) is 0 Å². The number of nitrogens with one attached hydrogen (secondary N) is 2. The number of benzene rings is 2. The van der Waals surface area contributed by atoms with E-state index in [9.17, 15) is 4.79 Å². The number of rotatable bonds is 2. The van der Waals surface area contributed by atoms with Gasteiger partial charge in [0.25, 0.3) is 0 Å². The Bertz CT molecular complexity index is 1160. The Kier molecular flexibility index (Phi) is 4.75. The van der Waals surface area contributed by atoms with Crippen molar-refractivity contribution in [2.45, 2.75) is 81.7 Å². The minimum atomic E-state index is -0.0499. The molecule has 4 aliphatic carbocycles. The summed E-state index contributed by atoms with van der Waals surface area (Å²) in [6.45, 7) is 6.62. The summed E-state index contributed by atoms with van der Waals surface area (Å²) in [7, 11) is 2.30. The molecule has 4 heteroatoms. The maximum Gasteiger partial charge on any atom is 0.322 e. The highest BCUT2D eigenvalue weighted by Crippen LogP contribution is 2.62. The molecule has 35 heavy (non-hydrogen) atoms. The van der Waals surface area contributed by atoms with Gasteiger partial charge in [0.15, 0.2) is 0 Å². The second-order valence-electron chi connectivity index (χ2n) is 13.1. The summed E-state index contributed by atoms with van der Waals surface area (Å²) in [5, 5.41) is 3.75. The van der Waals surface area contributed by atoms with Gasteiger partial charge in [-0.1, -0.05) is 47.5 Å². The fourth-order valence-corrected chi connectivity index (χ4v) is 9.40. The van der Waals surface area contributed by atoms with Crippen LogP contribution in [-0.2, 0) is 5.41 Å². The number of fused-ring (bicyclic) bond motifs is 3. The highest BCUT2D eigenvalue weighted by atomic mass is 16.2. The summed E-state index contributed by atoms with van der Waals surface area (Å²) >= 11 is 0. The number of anilines is 1. The zero-order valence-electron chi connectivity index (χ0n) is 21.6. The average molecular weight is 471 g/mol. The summed E-state index contributed by atoms with van der Waals surface area (Å²) in [6.07, 6.45) is 8.49. The Morgan fingerprint density at radius 1 is 1.00 bits per heavy atom. The van der Waals surface area contributed by atoms with Crippen molar-refractivity contribution in [3.8, 4) is 0 Å². The molecule has 6 aliphatic rings. The van der Waals surface area contributed by atoms with E-state index >= 15 is 0 Å². The molecule has 184 valence electrons. The molecule has 2 aromatic carbocycles. The highest BCUT2D eigenvalue weighted by Gasteiger charge is 2.59. The van der Waals surface area contributed by atoms with Gasteiger partial charge in [0, 0.05) is 17.6 Å². The van der Waals surface area contributed by atoms with Gasteiger partial charge < -0.3 is 10.2 Å². The molecule has 1 saturated heterocycles. The Morgan fingerprint density at radius 2 is 1.71 bits per heavy atom. The predicted molar refractivity (Wildman–Crippen MR) is 140 cm³/mol. The summed E-state index contributed by atoms with van der Waals surface area (Å²) in [4.78, 5) is 18.0. The predicted octanol–water partition coefficient (Wildman–Crippen LogP) is 4.49. The molecule has 4 nitrogen and oxygen atoms in total. The molecule has 0 spiro atoms. The number of aryl methyl sites for hydroxylation is 2. The van der Waals surface area contributed by atoms with Crippen LogP contribution in [0.4, 0.5) is 10.5 Å². The molecule has 2 amide bonds. The van der Waals surface area contributed by atoms with E-state index in [-0.39, 0.29) is 17.0 Å². The molecule has 2 heterocycles. The molecule has 0 aromatic heterocycles. The lowest BCUT2D eigenvalue weighted by atomic mass is 9.45. The fraction of sp³-hybridized carbons (Fsp3) is 0.581. The number of quaternary nitrogens is 1. The van der Waals surface area contributed by atoms with Crippen LogP contribution in [0.1, 0.15) is 73.1 Å². The summed E-state index contributed by atoms with van der Waals surface area (Å²) in [6, 6.07) is 16.5. The maximum absolute atomic E-state index is 14.2. The van der Waals surface area contributed by atoms with E-state index in [2.05, 4.69) is 73.6 Å². The summed E-state index contributed by atoms with van der Waals surface area (Å²) in [5.74, 6) is 1.94. The summed E-state index contributed by atoms with van der Waals surface area (Å²) < 4.78 is 0. The van der Waals surface area contributed by atoms with Crippen molar-refractivity contribution < 1.29 is 9.69 Å². The smallest absolute Gasteiger partial charge is 0.322 e. The van der Waals surface area contributed by atoms with Crippen molar-refractivity contribution in [1.82, 2.24) is 5.32 Å². The van der Waals surface area contributed by atoms with Gasteiger partial charge >= 0.3 is 6.03 Å². The standard InChI is InChI=1S/C31H39N3O/c1-20-4-7-24(8-5-20)30-14-22-13-23(15-30)17-31(16-22,19-30)32-29(35)34-27-9-6-21(2)12-25(27)26-18-33(3)11-10-28(26)34/h4-9,12,22-23,26,28H,10-11,13-19H2,1-3H3,(H,32,35)/p+1/t22-,23+,26-,28+,30?,31?/m1/s1. The Hall–Kier alpha value is -2.33. The van der Waals surface area contributed by atoms with Crippen LogP contribution >= 0.6 is 0 Å². The lowest BCUT2D eigenvalue weighted by molar-refractivity contribution is -0.886. The van der Waals surface area contributed by atoms with Crippen LogP contribution in [0.25, 0.3) is 0 Å². The molecule has 5 fully saturated rings. The molecule has 7 atom stereocenters. The number of carbonyl (C=O) groups is 1.